The van der Waals surface area contributed by atoms with Crippen molar-refractivity contribution < 1.29 is 27.8 Å². The summed E-state index contributed by atoms with van der Waals surface area (Å²) in [5.74, 6) is -0.758. The molecule has 1 N–H and O–H groups in total. The van der Waals surface area contributed by atoms with Gasteiger partial charge in [0, 0.05) is 4.90 Å². The molecule has 0 atom stereocenters. The van der Waals surface area contributed by atoms with Gasteiger partial charge in [-0.3, -0.25) is 0 Å². The minimum absolute atomic E-state index is 0.0220. The van der Waals surface area contributed by atoms with Gasteiger partial charge in [0.1, 0.15) is 17.1 Å². The quantitative estimate of drug-likeness (QED) is 0.824. The summed E-state index contributed by atoms with van der Waals surface area (Å²) in [6, 6.07) is 11.2. The number of carboxylic acid groups (broad SMARTS) is 1. The molecule has 0 aromatic heterocycles. The Balaban J connectivity index is 2.16. The number of hydrogen-bond acceptors (Lipinski definition) is 3. The molecule has 3 nitrogen and oxygen atoms in total. The van der Waals surface area contributed by atoms with Crippen LogP contribution in [0.1, 0.15) is 10.4 Å². The van der Waals surface area contributed by atoms with Crippen molar-refractivity contribution in [3.05, 3.63) is 54.1 Å². The Kier molecular flexibility index (Phi) is 4.42. The first kappa shape index (κ1) is 15.2. The smallest absolute Gasteiger partial charge is 0.446 e. The molecule has 0 amide bonds. The lowest BCUT2D eigenvalue weighted by Gasteiger charge is -2.09. The van der Waals surface area contributed by atoms with E-state index in [2.05, 4.69) is 0 Å². The molecule has 7 heteroatoms. The first-order valence-corrected chi connectivity index (χ1v) is 6.53. The molecule has 0 radical (unpaired) electrons. The number of carboxylic acids is 1. The molecule has 0 heterocycles. The molecule has 0 fully saturated rings. The monoisotopic (exact) mass is 314 g/mol. The summed E-state index contributed by atoms with van der Waals surface area (Å²) in [5, 5.41) is 9.01. The van der Waals surface area contributed by atoms with E-state index in [1.165, 1.54) is 36.4 Å². The third-order valence-corrected chi connectivity index (χ3v) is 3.14. The third-order valence-electron chi connectivity index (χ3n) is 2.40. The minimum atomic E-state index is -4.35. The van der Waals surface area contributed by atoms with Gasteiger partial charge in [-0.15, -0.1) is 0 Å². The van der Waals surface area contributed by atoms with E-state index in [1.807, 2.05) is 0 Å². The molecule has 110 valence electrons. The molecule has 0 aliphatic rings. The number of alkyl halides is 3. The normalized spacial score (nSPS) is 11.2. The number of aromatic carboxylic acids is 1. The Morgan fingerprint density at radius 2 is 1.67 bits per heavy atom. The summed E-state index contributed by atoms with van der Waals surface area (Å²) in [6.45, 7) is 0. The van der Waals surface area contributed by atoms with Gasteiger partial charge in [-0.2, -0.15) is 13.2 Å². The summed E-state index contributed by atoms with van der Waals surface area (Å²) in [7, 11) is 0. The van der Waals surface area contributed by atoms with Gasteiger partial charge in [-0.25, -0.2) is 4.79 Å². The number of ether oxygens (including phenoxy) is 1. The van der Waals surface area contributed by atoms with E-state index in [9.17, 15) is 18.0 Å². The van der Waals surface area contributed by atoms with E-state index in [0.29, 0.717) is 0 Å². The van der Waals surface area contributed by atoms with Crippen LogP contribution in [0.15, 0.2) is 53.4 Å². The predicted molar refractivity (Wildman–Crippen MR) is 71.8 cm³/mol. The Morgan fingerprint density at radius 1 is 1.05 bits per heavy atom. The molecule has 0 aliphatic carbocycles. The number of carbonyl (C=O) groups is 1. The van der Waals surface area contributed by atoms with Crippen molar-refractivity contribution in [2.75, 3.05) is 0 Å². The zero-order valence-electron chi connectivity index (χ0n) is 10.4. The lowest BCUT2D eigenvalue weighted by atomic mass is 10.2. The van der Waals surface area contributed by atoms with Gasteiger partial charge in [-0.1, -0.05) is 12.1 Å². The summed E-state index contributed by atoms with van der Waals surface area (Å²) in [5.41, 5.74) is -4.37. The summed E-state index contributed by atoms with van der Waals surface area (Å²) in [6.07, 6.45) is 0. The van der Waals surface area contributed by atoms with Crippen LogP contribution in [-0.2, 0) is 0 Å². The fraction of sp³-hybridized carbons (Fsp3) is 0.0714. The lowest BCUT2D eigenvalue weighted by molar-refractivity contribution is -0.0328. The van der Waals surface area contributed by atoms with Crippen LogP contribution >= 0.6 is 11.8 Å². The highest BCUT2D eigenvalue weighted by Gasteiger charge is 2.29. The SMILES string of the molecule is O=C(O)c1ccccc1Oc1ccc(SC(F)(F)F)cc1. The van der Waals surface area contributed by atoms with Gasteiger partial charge < -0.3 is 9.84 Å². The van der Waals surface area contributed by atoms with Crippen molar-refractivity contribution in [2.24, 2.45) is 0 Å². The molecule has 2 rings (SSSR count). The maximum absolute atomic E-state index is 12.2. The Bertz CT molecular complexity index is 639. The number of rotatable bonds is 4. The van der Waals surface area contributed by atoms with Crippen LogP contribution in [0.25, 0.3) is 0 Å². The number of halogens is 3. The first-order valence-electron chi connectivity index (χ1n) is 5.71. The van der Waals surface area contributed by atoms with Gasteiger partial charge in [-0.05, 0) is 48.2 Å². The highest BCUT2D eigenvalue weighted by molar-refractivity contribution is 8.00. The van der Waals surface area contributed by atoms with Crippen LogP contribution < -0.4 is 4.74 Å². The predicted octanol–water partition coefficient (Wildman–Crippen LogP) is 4.79. The van der Waals surface area contributed by atoms with Crippen molar-refractivity contribution in [2.45, 2.75) is 10.4 Å². The standard InChI is InChI=1S/C14H9F3O3S/c15-14(16,17)21-10-7-5-9(6-8-10)20-12-4-2-1-3-11(12)13(18)19/h1-8H,(H,18,19). The summed E-state index contributed by atoms with van der Waals surface area (Å²) < 4.78 is 42.0. The second-order valence-corrected chi connectivity index (χ2v) is 5.06. The summed E-state index contributed by atoms with van der Waals surface area (Å²) >= 11 is -0.226. The Hall–Kier alpha value is -2.15. The second-order valence-electron chi connectivity index (χ2n) is 3.92. The maximum atomic E-state index is 12.2. The number of hydrogen-bond donors (Lipinski definition) is 1. The van der Waals surface area contributed by atoms with Crippen molar-refractivity contribution in [1.29, 1.82) is 0 Å². The van der Waals surface area contributed by atoms with Gasteiger partial charge in [0.15, 0.2) is 0 Å². The van der Waals surface area contributed by atoms with Crippen molar-refractivity contribution in [3.8, 4) is 11.5 Å². The van der Waals surface area contributed by atoms with Crippen LogP contribution in [0.2, 0.25) is 0 Å². The van der Waals surface area contributed by atoms with Crippen LogP contribution in [0.5, 0.6) is 11.5 Å². The molecule has 0 spiro atoms. The molecule has 21 heavy (non-hydrogen) atoms. The summed E-state index contributed by atoms with van der Waals surface area (Å²) in [4.78, 5) is 11.0. The molecule has 0 aliphatic heterocycles. The number of para-hydroxylation sites is 1. The Labute approximate surface area is 122 Å². The van der Waals surface area contributed by atoms with Gasteiger partial charge >= 0.3 is 11.5 Å². The van der Waals surface area contributed by atoms with E-state index >= 15 is 0 Å². The van der Waals surface area contributed by atoms with E-state index in [1.54, 1.807) is 12.1 Å². The van der Waals surface area contributed by atoms with E-state index in [4.69, 9.17) is 9.84 Å². The van der Waals surface area contributed by atoms with Crippen molar-refractivity contribution >= 4 is 17.7 Å². The van der Waals surface area contributed by atoms with E-state index in [0.717, 1.165) is 0 Å². The average molecular weight is 314 g/mol. The second kappa shape index (κ2) is 6.09. The highest BCUT2D eigenvalue weighted by Crippen LogP contribution is 2.37. The van der Waals surface area contributed by atoms with E-state index in [-0.39, 0.29) is 33.7 Å². The molecular formula is C14H9F3O3S. The van der Waals surface area contributed by atoms with Gasteiger partial charge in [0.25, 0.3) is 0 Å². The average Bonchev–Trinajstić information content (AvgIpc) is 2.40. The van der Waals surface area contributed by atoms with Crippen molar-refractivity contribution in [3.63, 3.8) is 0 Å². The maximum Gasteiger partial charge on any atom is 0.446 e. The van der Waals surface area contributed by atoms with Crippen LogP contribution in [-0.4, -0.2) is 16.6 Å². The lowest BCUT2D eigenvalue weighted by Crippen LogP contribution is -2.00. The zero-order chi connectivity index (χ0) is 15.5. The Morgan fingerprint density at radius 3 is 2.24 bits per heavy atom. The number of benzene rings is 2. The molecular weight excluding hydrogens is 305 g/mol. The van der Waals surface area contributed by atoms with Gasteiger partial charge in [0.05, 0.1) is 0 Å². The van der Waals surface area contributed by atoms with Crippen molar-refractivity contribution in [1.82, 2.24) is 0 Å². The fourth-order valence-corrected chi connectivity index (χ4v) is 2.11. The highest BCUT2D eigenvalue weighted by atomic mass is 32.2. The van der Waals surface area contributed by atoms with Crippen LogP contribution in [0, 0.1) is 0 Å². The largest absolute Gasteiger partial charge is 0.478 e. The first-order chi connectivity index (χ1) is 9.85. The molecule has 2 aromatic rings. The van der Waals surface area contributed by atoms with Crippen LogP contribution in [0.4, 0.5) is 13.2 Å². The number of thioether (sulfide) groups is 1. The molecule has 0 unspecified atom stereocenters. The molecule has 2 aromatic carbocycles. The van der Waals surface area contributed by atoms with E-state index < -0.39 is 11.5 Å². The van der Waals surface area contributed by atoms with Gasteiger partial charge in [0.2, 0.25) is 0 Å². The molecule has 0 bridgehead atoms. The minimum Gasteiger partial charge on any atom is -0.478 e. The topological polar surface area (TPSA) is 46.5 Å². The third kappa shape index (κ3) is 4.42. The molecule has 0 saturated carbocycles. The fourth-order valence-electron chi connectivity index (χ4n) is 1.57. The van der Waals surface area contributed by atoms with Crippen LogP contribution in [0.3, 0.4) is 0 Å². The molecule has 0 saturated heterocycles. The zero-order valence-corrected chi connectivity index (χ0v) is 11.2.